The van der Waals surface area contributed by atoms with Crippen LogP contribution in [-0.4, -0.2) is 53.0 Å². The van der Waals surface area contributed by atoms with Crippen molar-refractivity contribution in [2.24, 2.45) is 9.98 Å². The van der Waals surface area contributed by atoms with Gasteiger partial charge in [0.25, 0.3) is 0 Å². The van der Waals surface area contributed by atoms with Crippen molar-refractivity contribution in [3.63, 3.8) is 0 Å². The first-order chi connectivity index (χ1) is 19.8. The third-order valence-corrected chi connectivity index (χ3v) is 5.12. The maximum Gasteiger partial charge on any atom is 3.00 e. The molecule has 252 valence electrons. The topological polar surface area (TPSA) is 288 Å². The molecule has 44 heavy (non-hydrogen) atoms. The Morgan fingerprint density at radius 2 is 1.00 bits per heavy atom. The fourth-order valence-corrected chi connectivity index (χ4v) is 3.60. The zero-order chi connectivity index (χ0) is 32.1. The minimum atomic E-state index is -1.75. The van der Waals surface area contributed by atoms with E-state index in [0.717, 1.165) is 25.7 Å². The minimum Gasteiger partial charge on any atom is -0.870 e. The van der Waals surface area contributed by atoms with E-state index in [4.69, 9.17) is 55.4 Å². The zero-order valence-electron chi connectivity index (χ0n) is 23.1. The summed E-state index contributed by atoms with van der Waals surface area (Å²) in [5.74, 6) is 0.388. The average Bonchev–Trinajstić information content (AvgIpc) is 2.89. The van der Waals surface area contributed by atoms with Gasteiger partial charge < -0.3 is 65.7 Å². The van der Waals surface area contributed by atoms with E-state index in [1.807, 2.05) is 13.8 Å². The number of hydrogen-bond donors (Lipinski definition) is 0. The predicted molar refractivity (Wildman–Crippen MR) is 146 cm³/mol. The van der Waals surface area contributed by atoms with Gasteiger partial charge >= 0.3 is 64.0 Å². The molecule has 20 heteroatoms. The van der Waals surface area contributed by atoms with Crippen LogP contribution in [-0.2, 0) is 17.1 Å². The average molecular weight is 831 g/mol. The summed E-state index contributed by atoms with van der Waals surface area (Å²) < 4.78 is 10.8. The minimum absolute atomic E-state index is 0. The molecule has 0 bridgehead atoms. The van der Waals surface area contributed by atoms with Crippen molar-refractivity contribution in [3.05, 3.63) is 93.5 Å². The standard InChI is InChI=1S/C24H30N2O4.Cu.3NO3.Yb/c1-3-29-21-13-7-9-17(23(21)27)15-25-19-11-5-6-12-20(19)26-16-18-10-8-14-22(24(18)28)30-4-2;;3*2-1(3)4;/h7-10,13-16,19-20,27-28H,3-6,11-12H2,1-2H3;;;;;/q;+2;3*-1;+3/p-2/t19-,20-;;;;;/m0...../s1. The first kappa shape index (κ1) is 45.1. The molecule has 3 rings (SSSR count). The van der Waals surface area contributed by atoms with Gasteiger partial charge in [-0.2, -0.15) is 0 Å². The van der Waals surface area contributed by atoms with E-state index in [9.17, 15) is 10.2 Å². The summed E-state index contributed by atoms with van der Waals surface area (Å²) in [4.78, 5) is 34.1. The molecule has 2 aromatic rings. The second-order valence-corrected chi connectivity index (χ2v) is 7.86. The molecule has 0 aliphatic heterocycles. The number of ether oxygens (including phenoxy) is 2. The normalized spacial score (nSPS) is 14.9. The van der Waals surface area contributed by atoms with Crippen LogP contribution in [0.4, 0.5) is 0 Å². The van der Waals surface area contributed by atoms with Crippen LogP contribution in [0, 0.1) is 92.9 Å². The fourth-order valence-electron chi connectivity index (χ4n) is 3.60. The molecule has 2 radical (unpaired) electrons. The van der Waals surface area contributed by atoms with Gasteiger partial charge in [-0.25, -0.2) is 0 Å². The Kier molecular flexibility index (Phi) is 26.7. The second kappa shape index (κ2) is 26.1. The second-order valence-electron chi connectivity index (χ2n) is 7.86. The van der Waals surface area contributed by atoms with Crippen LogP contribution in [0.1, 0.15) is 50.7 Å². The first-order valence-corrected chi connectivity index (χ1v) is 12.2. The molecule has 0 N–H and O–H groups in total. The van der Waals surface area contributed by atoms with Gasteiger partial charge in [0.15, 0.2) is 0 Å². The summed E-state index contributed by atoms with van der Waals surface area (Å²) in [5, 5.41) is 69.2. The molecule has 1 fully saturated rings. The Morgan fingerprint density at radius 3 is 1.27 bits per heavy atom. The molecule has 0 heterocycles. The number of aliphatic imine (C=N–C) groups is 2. The zero-order valence-corrected chi connectivity index (χ0v) is 25.8. The van der Waals surface area contributed by atoms with Crippen LogP contribution in [0.5, 0.6) is 23.0 Å². The van der Waals surface area contributed by atoms with E-state index in [2.05, 4.69) is 9.98 Å². The van der Waals surface area contributed by atoms with Crippen LogP contribution >= 0.6 is 0 Å². The quantitative estimate of drug-likeness (QED) is 0.160. The van der Waals surface area contributed by atoms with E-state index in [1.165, 1.54) is 0 Å². The maximum atomic E-state index is 12.5. The van der Waals surface area contributed by atoms with Crippen LogP contribution in [0.2, 0.25) is 0 Å². The molecule has 0 amide bonds. The van der Waals surface area contributed by atoms with Crippen LogP contribution in [0.25, 0.3) is 0 Å². The summed E-state index contributed by atoms with van der Waals surface area (Å²) in [5.41, 5.74) is 1.03. The van der Waals surface area contributed by atoms with Gasteiger partial charge in [-0.05, 0) is 49.9 Å². The maximum absolute atomic E-state index is 12.5. The SMILES string of the molecule is CCOc1cccc(C=N[C@H]2CCCC[C@@H]2N=Cc2cccc(OCC)c2[O-])c1[O-].O=[N+]([O-])[O-].O=[N+]([O-])[O-].O=[N+]([O-])[O-].[Cu+2].[Yb+3]. The van der Waals surface area contributed by atoms with Crippen molar-refractivity contribution >= 4 is 12.4 Å². The largest absolute Gasteiger partial charge is 3.00 e. The summed E-state index contributed by atoms with van der Waals surface area (Å²) in [6.45, 7) is 4.59. The van der Waals surface area contributed by atoms with Crippen molar-refractivity contribution in [3.8, 4) is 23.0 Å². The predicted octanol–water partition coefficient (Wildman–Crippen LogP) is 2.76. The van der Waals surface area contributed by atoms with E-state index < -0.39 is 15.3 Å². The van der Waals surface area contributed by atoms with E-state index in [-0.39, 0.29) is 87.6 Å². The Balaban J connectivity index is -0.00000103. The molecular weight excluding hydrogens is 803 g/mol. The van der Waals surface area contributed by atoms with Gasteiger partial charge in [0.1, 0.15) is 11.5 Å². The van der Waals surface area contributed by atoms with Crippen LogP contribution < -0.4 is 19.7 Å². The Morgan fingerprint density at radius 1 is 0.705 bits per heavy atom. The molecule has 1 aliphatic rings. The molecular formula is C24H28CuN5O13Yb. The summed E-state index contributed by atoms with van der Waals surface area (Å²) >= 11 is 0. The fraction of sp³-hybridized carbons (Fsp3) is 0.417. The van der Waals surface area contributed by atoms with Gasteiger partial charge in [-0.15, -0.1) is 0 Å². The third-order valence-electron chi connectivity index (χ3n) is 5.12. The molecule has 2 aromatic carbocycles. The molecule has 18 nitrogen and oxygen atoms in total. The number of benzene rings is 2. The van der Waals surface area contributed by atoms with Crippen molar-refractivity contribution in [2.75, 3.05) is 13.2 Å². The van der Waals surface area contributed by atoms with Crippen LogP contribution in [0.3, 0.4) is 0 Å². The first-order valence-electron chi connectivity index (χ1n) is 12.2. The Hall–Kier alpha value is -3.38. The van der Waals surface area contributed by atoms with Gasteiger partial charge in [0, 0.05) is 12.4 Å². The number of rotatable bonds is 8. The third kappa shape index (κ3) is 20.5. The van der Waals surface area contributed by atoms with Gasteiger partial charge in [-0.1, -0.05) is 48.6 Å². The Labute approximate surface area is 300 Å². The van der Waals surface area contributed by atoms with Crippen molar-refractivity contribution in [2.45, 2.75) is 51.6 Å². The van der Waals surface area contributed by atoms with Crippen LogP contribution in [0.15, 0.2) is 46.4 Å². The van der Waals surface area contributed by atoms with E-state index in [1.54, 1.807) is 48.8 Å². The molecule has 1 saturated carbocycles. The van der Waals surface area contributed by atoms with Crippen molar-refractivity contribution < 1.29 is 98.9 Å². The van der Waals surface area contributed by atoms with Crippen molar-refractivity contribution in [1.82, 2.24) is 0 Å². The van der Waals surface area contributed by atoms with Gasteiger partial charge in [0.2, 0.25) is 0 Å². The molecule has 2 atom stereocenters. The molecule has 0 aromatic heterocycles. The van der Waals surface area contributed by atoms with E-state index in [0.29, 0.717) is 35.8 Å². The summed E-state index contributed by atoms with van der Waals surface area (Å²) in [6, 6.07) is 10.4. The number of hydrogen-bond acceptors (Lipinski definition) is 15. The molecule has 0 saturated heterocycles. The van der Waals surface area contributed by atoms with Gasteiger partial charge in [-0.3, -0.25) is 9.98 Å². The smallest absolute Gasteiger partial charge is 0.870 e. The van der Waals surface area contributed by atoms with Gasteiger partial charge in [0.05, 0.1) is 40.6 Å². The molecule has 1 aliphatic carbocycles. The number of para-hydroxylation sites is 2. The van der Waals surface area contributed by atoms with E-state index >= 15 is 0 Å². The monoisotopic (exact) mass is 831 g/mol. The summed E-state index contributed by atoms with van der Waals surface area (Å²) in [6.07, 6.45) is 7.23. The number of nitrogens with zero attached hydrogens (tertiary/aromatic N) is 5. The Bertz CT molecular complexity index is 1090. The summed E-state index contributed by atoms with van der Waals surface area (Å²) in [7, 11) is 0. The molecule has 0 spiro atoms. The molecule has 0 unspecified atom stereocenters. The van der Waals surface area contributed by atoms with Crippen molar-refractivity contribution in [1.29, 1.82) is 0 Å².